The highest BCUT2D eigenvalue weighted by Crippen LogP contribution is 2.35. The maximum absolute atomic E-state index is 13.2. The van der Waals surface area contributed by atoms with Gasteiger partial charge in [0.05, 0.1) is 30.8 Å². The summed E-state index contributed by atoms with van der Waals surface area (Å²) in [6, 6.07) is 2.80. The van der Waals surface area contributed by atoms with Gasteiger partial charge in [-0.3, -0.25) is 24.4 Å². The highest BCUT2D eigenvalue weighted by molar-refractivity contribution is 6.03. The Morgan fingerprint density at radius 2 is 1.90 bits per heavy atom. The Labute approximate surface area is 220 Å². The lowest BCUT2D eigenvalue weighted by Crippen LogP contribution is -2.37. The number of nitrogen functional groups attached to an aromatic ring is 1. The van der Waals surface area contributed by atoms with Crippen molar-refractivity contribution in [1.82, 2.24) is 24.4 Å². The molecule has 210 valence electrons. The first-order valence-electron chi connectivity index (χ1n) is 12.2. The molecular formula is C24H28F3N7O5. The molecule has 1 aromatic carbocycles. The van der Waals surface area contributed by atoms with Gasteiger partial charge in [0, 0.05) is 38.6 Å². The van der Waals surface area contributed by atoms with Crippen LogP contribution in [0.25, 0.3) is 10.9 Å². The van der Waals surface area contributed by atoms with Crippen LogP contribution in [0.2, 0.25) is 0 Å². The summed E-state index contributed by atoms with van der Waals surface area (Å²) in [4.78, 5) is 40.0. The van der Waals surface area contributed by atoms with Gasteiger partial charge in [0.25, 0.3) is 11.5 Å². The van der Waals surface area contributed by atoms with E-state index in [1.165, 1.54) is 29.1 Å². The van der Waals surface area contributed by atoms with Gasteiger partial charge in [-0.15, -0.1) is 0 Å². The standard InChI is InChI=1S/C24H28F3N7O5/c1-2-34-21(36)16-4-5-17(38-9-3-6-33-7-10-37-11-8-33)19(39-14-24(25,26)27)18(16)31-23(34)32-20(35)15-12-29-22(28)30-13-15/h4-5,12-13H,2-3,6-11,14H2,1H3,(H2,28,29,30)(H,31,32,35). The van der Waals surface area contributed by atoms with Crippen molar-refractivity contribution in [1.29, 1.82) is 0 Å². The first kappa shape index (κ1) is 28.0. The molecule has 4 rings (SSSR count). The molecule has 1 aliphatic rings. The second-order valence-electron chi connectivity index (χ2n) is 8.62. The van der Waals surface area contributed by atoms with Crippen LogP contribution in [-0.2, 0) is 11.3 Å². The van der Waals surface area contributed by atoms with Gasteiger partial charge < -0.3 is 19.9 Å². The van der Waals surface area contributed by atoms with Crippen LogP contribution in [0.5, 0.6) is 11.5 Å². The first-order valence-corrected chi connectivity index (χ1v) is 12.2. The van der Waals surface area contributed by atoms with Gasteiger partial charge in [-0.25, -0.2) is 15.0 Å². The fourth-order valence-electron chi connectivity index (χ4n) is 3.96. The van der Waals surface area contributed by atoms with E-state index >= 15 is 0 Å². The zero-order chi connectivity index (χ0) is 28.0. The third kappa shape index (κ3) is 7.11. The molecule has 1 saturated heterocycles. The molecule has 0 bridgehead atoms. The number of alkyl halides is 3. The predicted molar refractivity (Wildman–Crippen MR) is 135 cm³/mol. The van der Waals surface area contributed by atoms with Gasteiger partial charge in [0.2, 0.25) is 11.9 Å². The second kappa shape index (κ2) is 12.3. The number of nitrogens with zero attached hydrogens (tertiary/aromatic N) is 5. The number of hydrogen-bond acceptors (Lipinski definition) is 10. The van der Waals surface area contributed by atoms with E-state index in [0.29, 0.717) is 19.6 Å². The predicted octanol–water partition coefficient (Wildman–Crippen LogP) is 2.08. The molecule has 1 fully saturated rings. The van der Waals surface area contributed by atoms with Crippen LogP contribution in [0.1, 0.15) is 23.7 Å². The molecule has 12 nitrogen and oxygen atoms in total. The second-order valence-corrected chi connectivity index (χ2v) is 8.62. The number of benzene rings is 1. The van der Waals surface area contributed by atoms with Crippen molar-refractivity contribution in [3.8, 4) is 11.5 Å². The molecule has 3 N–H and O–H groups in total. The van der Waals surface area contributed by atoms with Crippen LogP contribution < -0.4 is 26.1 Å². The van der Waals surface area contributed by atoms with Gasteiger partial charge in [-0.1, -0.05) is 0 Å². The Hall–Kier alpha value is -3.98. The van der Waals surface area contributed by atoms with Crippen molar-refractivity contribution in [2.45, 2.75) is 26.1 Å². The molecule has 0 radical (unpaired) electrons. The number of carbonyl (C=O) groups excluding carboxylic acids is 1. The minimum absolute atomic E-state index is 0.000845. The Balaban J connectivity index is 1.66. The van der Waals surface area contributed by atoms with E-state index in [1.54, 1.807) is 6.92 Å². The number of ether oxygens (including phenoxy) is 3. The van der Waals surface area contributed by atoms with Crippen LogP contribution in [-0.4, -0.2) is 82.6 Å². The molecule has 1 aliphatic heterocycles. The lowest BCUT2D eigenvalue weighted by Gasteiger charge is -2.26. The number of carbonyl (C=O) groups is 1. The maximum Gasteiger partial charge on any atom is 0.422 e. The number of morpholine rings is 1. The summed E-state index contributed by atoms with van der Waals surface area (Å²) in [5.41, 5.74) is 4.73. The number of nitrogens with one attached hydrogen (secondary N) is 1. The molecular weight excluding hydrogens is 523 g/mol. The Bertz CT molecular complexity index is 1360. The van der Waals surface area contributed by atoms with Gasteiger partial charge in [-0.05, 0) is 25.5 Å². The average molecular weight is 552 g/mol. The molecule has 2 aromatic heterocycles. The van der Waals surface area contributed by atoms with E-state index in [0.717, 1.165) is 19.6 Å². The number of nitrogens with two attached hydrogens (primary N) is 1. The lowest BCUT2D eigenvalue weighted by molar-refractivity contribution is -0.153. The fraction of sp³-hybridized carbons (Fsp3) is 0.458. The quantitative estimate of drug-likeness (QED) is 0.359. The summed E-state index contributed by atoms with van der Waals surface area (Å²) in [5.74, 6) is -1.28. The SMILES string of the molecule is CCn1c(NC(=O)c2cnc(N)nc2)nc2c(OCC(F)(F)F)c(OCCCN3CCOCC3)ccc2c1=O. The third-order valence-electron chi connectivity index (χ3n) is 5.88. The normalized spacial score (nSPS) is 14.4. The van der Waals surface area contributed by atoms with Crippen molar-refractivity contribution in [3.05, 3.63) is 40.4 Å². The van der Waals surface area contributed by atoms with Crippen LogP contribution in [0.15, 0.2) is 29.3 Å². The zero-order valence-electron chi connectivity index (χ0n) is 21.2. The zero-order valence-corrected chi connectivity index (χ0v) is 21.2. The Morgan fingerprint density at radius 3 is 2.56 bits per heavy atom. The average Bonchev–Trinajstić information content (AvgIpc) is 2.91. The molecule has 0 atom stereocenters. The number of fused-ring (bicyclic) bond motifs is 1. The summed E-state index contributed by atoms with van der Waals surface area (Å²) >= 11 is 0. The van der Waals surface area contributed by atoms with Crippen molar-refractivity contribution in [2.24, 2.45) is 0 Å². The summed E-state index contributed by atoms with van der Waals surface area (Å²) in [6.07, 6.45) is -1.67. The first-order chi connectivity index (χ1) is 18.7. The van der Waals surface area contributed by atoms with Crippen molar-refractivity contribution >= 4 is 28.7 Å². The van der Waals surface area contributed by atoms with E-state index in [1.807, 2.05) is 0 Å². The summed E-state index contributed by atoms with van der Waals surface area (Å²) < 4.78 is 56.7. The molecule has 0 aliphatic carbocycles. The van der Waals surface area contributed by atoms with Gasteiger partial charge in [-0.2, -0.15) is 13.2 Å². The minimum atomic E-state index is -4.65. The van der Waals surface area contributed by atoms with Gasteiger partial charge >= 0.3 is 6.18 Å². The highest BCUT2D eigenvalue weighted by atomic mass is 19.4. The maximum atomic E-state index is 13.2. The number of rotatable bonds is 10. The van der Waals surface area contributed by atoms with Gasteiger partial charge in [0.1, 0.15) is 5.52 Å². The van der Waals surface area contributed by atoms with E-state index in [9.17, 15) is 22.8 Å². The van der Waals surface area contributed by atoms with E-state index < -0.39 is 24.2 Å². The Morgan fingerprint density at radius 1 is 1.18 bits per heavy atom. The molecule has 0 spiro atoms. The van der Waals surface area contributed by atoms with Gasteiger partial charge in [0.15, 0.2) is 18.1 Å². The van der Waals surface area contributed by atoms with E-state index in [2.05, 4.69) is 25.2 Å². The molecule has 3 aromatic rings. The smallest absolute Gasteiger partial charge is 0.422 e. The van der Waals surface area contributed by atoms with Crippen LogP contribution in [0.3, 0.4) is 0 Å². The van der Waals surface area contributed by atoms with Crippen LogP contribution >= 0.6 is 0 Å². The van der Waals surface area contributed by atoms with Crippen LogP contribution in [0, 0.1) is 0 Å². The number of halogens is 3. The number of anilines is 2. The van der Waals surface area contributed by atoms with E-state index in [4.69, 9.17) is 19.9 Å². The summed E-state index contributed by atoms with van der Waals surface area (Å²) in [5, 5.41) is 2.50. The number of amides is 1. The molecule has 0 saturated carbocycles. The summed E-state index contributed by atoms with van der Waals surface area (Å²) in [6.45, 7) is 3.94. The molecule has 3 heterocycles. The minimum Gasteiger partial charge on any atom is -0.490 e. The van der Waals surface area contributed by atoms with Crippen molar-refractivity contribution in [2.75, 3.05) is 57.1 Å². The fourth-order valence-corrected chi connectivity index (χ4v) is 3.96. The highest BCUT2D eigenvalue weighted by Gasteiger charge is 2.30. The lowest BCUT2D eigenvalue weighted by atomic mass is 10.2. The molecule has 0 unspecified atom stereocenters. The largest absolute Gasteiger partial charge is 0.490 e. The number of hydrogen-bond donors (Lipinski definition) is 2. The van der Waals surface area contributed by atoms with Crippen molar-refractivity contribution < 1.29 is 32.2 Å². The molecule has 1 amide bonds. The monoisotopic (exact) mass is 551 g/mol. The van der Waals surface area contributed by atoms with E-state index in [-0.39, 0.29) is 53.0 Å². The molecule has 15 heteroatoms. The summed E-state index contributed by atoms with van der Waals surface area (Å²) in [7, 11) is 0. The topological polar surface area (TPSA) is 147 Å². The van der Waals surface area contributed by atoms with Crippen LogP contribution in [0.4, 0.5) is 25.1 Å². The molecule has 39 heavy (non-hydrogen) atoms. The Kier molecular flexibility index (Phi) is 8.81. The third-order valence-corrected chi connectivity index (χ3v) is 5.88. The van der Waals surface area contributed by atoms with Crippen molar-refractivity contribution in [3.63, 3.8) is 0 Å². The number of aromatic nitrogens is 4.